The van der Waals surface area contributed by atoms with E-state index in [4.69, 9.17) is 28.3 Å². The number of nitrogens with one attached hydrogen (secondary N) is 2. The van der Waals surface area contributed by atoms with Crippen molar-refractivity contribution in [2.24, 2.45) is 0 Å². The van der Waals surface area contributed by atoms with Gasteiger partial charge in [0.05, 0.1) is 0 Å². The van der Waals surface area contributed by atoms with Gasteiger partial charge in [-0.2, -0.15) is 8.78 Å². The van der Waals surface area contributed by atoms with Crippen molar-refractivity contribution in [3.8, 4) is 0 Å². The zero-order valence-electron chi connectivity index (χ0n) is 12.1. The molecule has 2 atom stereocenters. The van der Waals surface area contributed by atoms with E-state index in [-0.39, 0.29) is 27.5 Å². The number of alkyl halides is 3. The lowest BCUT2D eigenvalue weighted by Gasteiger charge is -2.33. The lowest BCUT2D eigenvalue weighted by atomic mass is 9.96. The second-order valence-corrected chi connectivity index (χ2v) is 6.14. The van der Waals surface area contributed by atoms with Crippen molar-refractivity contribution < 1.29 is 27.9 Å². The molecule has 3 N–H and O–H groups in total. The van der Waals surface area contributed by atoms with Crippen LogP contribution >= 0.6 is 23.2 Å². The Kier molecular flexibility index (Phi) is 5.17. The molecule has 1 saturated heterocycles. The highest BCUT2D eigenvalue weighted by molar-refractivity contribution is 6.32. The summed E-state index contributed by atoms with van der Waals surface area (Å²) in [7, 11) is 0. The molecule has 6 nitrogen and oxygen atoms in total. The average molecular weight is 386 g/mol. The zero-order valence-corrected chi connectivity index (χ0v) is 13.6. The number of benzene rings is 1. The smallest absolute Gasteiger partial charge is 0.337 e. The van der Waals surface area contributed by atoms with E-state index < -0.39 is 35.4 Å². The Morgan fingerprint density at radius 3 is 2.62 bits per heavy atom. The maximum atomic E-state index is 14.3. The SMILES string of the molecule is CC1(c2cc(C[C@H](Cl)C(=O)O)c(Cl)cc2F)NNC(=O)N1C(F)F. The predicted octanol–water partition coefficient (Wildman–Crippen LogP) is 2.64. The molecule has 24 heavy (non-hydrogen) atoms. The van der Waals surface area contributed by atoms with Gasteiger partial charge in [-0.25, -0.2) is 19.5 Å². The summed E-state index contributed by atoms with van der Waals surface area (Å²) in [5, 5.41) is 7.41. The van der Waals surface area contributed by atoms with Gasteiger partial charge in [-0.1, -0.05) is 11.6 Å². The van der Waals surface area contributed by atoms with Crippen LogP contribution in [0.1, 0.15) is 18.1 Å². The second kappa shape index (κ2) is 6.66. The van der Waals surface area contributed by atoms with Gasteiger partial charge in [0.2, 0.25) is 0 Å². The summed E-state index contributed by atoms with van der Waals surface area (Å²) in [6.07, 6.45) is -0.255. The zero-order chi connectivity index (χ0) is 18.2. The van der Waals surface area contributed by atoms with Crippen molar-refractivity contribution in [3.05, 3.63) is 34.1 Å². The first-order valence-corrected chi connectivity index (χ1v) is 7.39. The van der Waals surface area contributed by atoms with E-state index in [1.54, 1.807) is 0 Å². The molecule has 1 unspecified atom stereocenters. The average Bonchev–Trinajstić information content (AvgIpc) is 2.77. The van der Waals surface area contributed by atoms with Crippen molar-refractivity contribution in [1.82, 2.24) is 15.8 Å². The van der Waals surface area contributed by atoms with Gasteiger partial charge in [-0.15, -0.1) is 11.6 Å². The number of urea groups is 1. The Labute approximate surface area is 144 Å². The Morgan fingerprint density at radius 2 is 2.08 bits per heavy atom. The molecule has 11 heteroatoms. The van der Waals surface area contributed by atoms with Crippen LogP contribution in [0.2, 0.25) is 5.02 Å². The van der Waals surface area contributed by atoms with Crippen LogP contribution in [0, 0.1) is 5.82 Å². The number of carbonyl (C=O) groups is 2. The van der Waals surface area contributed by atoms with E-state index in [0.29, 0.717) is 0 Å². The van der Waals surface area contributed by atoms with Gasteiger partial charge in [-0.05, 0) is 24.6 Å². The molecular formula is C13H12Cl2F3N3O3. The Bertz CT molecular complexity index is 692. The maximum Gasteiger partial charge on any atom is 0.337 e. The minimum Gasteiger partial charge on any atom is -0.480 e. The summed E-state index contributed by atoms with van der Waals surface area (Å²) in [6, 6.07) is 0.833. The highest BCUT2D eigenvalue weighted by Crippen LogP contribution is 2.35. The highest BCUT2D eigenvalue weighted by Gasteiger charge is 2.49. The van der Waals surface area contributed by atoms with Crippen molar-refractivity contribution in [2.45, 2.75) is 30.9 Å². The molecule has 0 radical (unpaired) electrons. The number of carbonyl (C=O) groups excluding carboxylic acids is 1. The number of carboxylic acids is 1. The van der Waals surface area contributed by atoms with E-state index in [9.17, 15) is 22.8 Å². The Morgan fingerprint density at radius 1 is 1.46 bits per heavy atom. The monoisotopic (exact) mass is 385 g/mol. The van der Waals surface area contributed by atoms with Crippen LogP contribution in [0.4, 0.5) is 18.0 Å². The van der Waals surface area contributed by atoms with Crippen LogP contribution in [0.25, 0.3) is 0 Å². The molecule has 2 rings (SSSR count). The fourth-order valence-electron chi connectivity index (χ4n) is 2.38. The van der Waals surface area contributed by atoms with Crippen LogP contribution < -0.4 is 10.9 Å². The number of hydrazine groups is 1. The molecule has 2 amide bonds. The molecule has 1 aromatic carbocycles. The van der Waals surface area contributed by atoms with Gasteiger partial charge in [0.15, 0.2) is 0 Å². The fourth-order valence-corrected chi connectivity index (χ4v) is 2.78. The van der Waals surface area contributed by atoms with E-state index in [1.165, 1.54) is 6.92 Å². The van der Waals surface area contributed by atoms with Crippen LogP contribution in [-0.4, -0.2) is 33.9 Å². The predicted molar refractivity (Wildman–Crippen MR) is 79.3 cm³/mol. The summed E-state index contributed by atoms with van der Waals surface area (Å²) >= 11 is 11.5. The number of halogens is 5. The normalized spacial score (nSPS) is 22.0. The number of aliphatic carboxylic acids is 1. The van der Waals surface area contributed by atoms with E-state index in [1.807, 2.05) is 5.43 Å². The van der Waals surface area contributed by atoms with Crippen LogP contribution in [-0.2, 0) is 16.9 Å². The van der Waals surface area contributed by atoms with Gasteiger partial charge in [0.1, 0.15) is 16.9 Å². The number of amides is 2. The van der Waals surface area contributed by atoms with Gasteiger partial charge in [-0.3, -0.25) is 10.2 Å². The van der Waals surface area contributed by atoms with Gasteiger partial charge >= 0.3 is 18.5 Å². The standard InChI is InChI=1S/C13H12Cl2F3N3O3/c1-13(20-19-12(24)21(13)11(17)18)6-2-5(3-8(15)10(22)23)7(14)4-9(6)16/h2,4,8,11,20H,3H2,1H3,(H,19,24)(H,22,23)/t8-,13?/m0/s1. The van der Waals surface area contributed by atoms with E-state index in [2.05, 4.69) is 5.43 Å². The van der Waals surface area contributed by atoms with Crippen molar-refractivity contribution >= 4 is 35.2 Å². The lowest BCUT2D eigenvalue weighted by molar-refractivity contribution is -0.136. The van der Waals surface area contributed by atoms with Gasteiger partial charge in [0, 0.05) is 17.0 Å². The highest BCUT2D eigenvalue weighted by atomic mass is 35.5. The number of hydrogen-bond donors (Lipinski definition) is 3. The topological polar surface area (TPSA) is 81.7 Å². The number of nitrogens with zero attached hydrogens (tertiary/aromatic N) is 1. The van der Waals surface area contributed by atoms with Crippen LogP contribution in [0.5, 0.6) is 0 Å². The van der Waals surface area contributed by atoms with Crippen LogP contribution in [0.15, 0.2) is 12.1 Å². The first-order valence-electron chi connectivity index (χ1n) is 6.58. The van der Waals surface area contributed by atoms with Gasteiger partial charge in [0.25, 0.3) is 0 Å². The van der Waals surface area contributed by atoms with E-state index in [0.717, 1.165) is 12.1 Å². The molecule has 0 aromatic heterocycles. The van der Waals surface area contributed by atoms with E-state index >= 15 is 0 Å². The van der Waals surface area contributed by atoms with Crippen molar-refractivity contribution in [3.63, 3.8) is 0 Å². The van der Waals surface area contributed by atoms with Crippen LogP contribution in [0.3, 0.4) is 0 Å². The molecule has 0 spiro atoms. The third-order valence-electron chi connectivity index (χ3n) is 3.64. The Balaban J connectivity index is 2.50. The molecule has 0 bridgehead atoms. The molecule has 1 aliphatic rings. The quantitative estimate of drug-likeness (QED) is 0.537. The Hall–Kier alpha value is -1.71. The molecule has 1 aromatic rings. The molecule has 0 aliphatic carbocycles. The van der Waals surface area contributed by atoms with Gasteiger partial charge < -0.3 is 5.11 Å². The summed E-state index contributed by atoms with van der Waals surface area (Å²) in [4.78, 5) is 22.5. The summed E-state index contributed by atoms with van der Waals surface area (Å²) in [6.45, 7) is -2.04. The molecular weight excluding hydrogens is 374 g/mol. The summed E-state index contributed by atoms with van der Waals surface area (Å²) in [5.41, 5.74) is 2.24. The fraction of sp³-hybridized carbons (Fsp3) is 0.385. The molecule has 1 aliphatic heterocycles. The molecule has 0 saturated carbocycles. The number of rotatable bonds is 5. The third-order valence-corrected chi connectivity index (χ3v) is 4.33. The van der Waals surface area contributed by atoms with Crippen molar-refractivity contribution in [1.29, 1.82) is 0 Å². The largest absolute Gasteiger partial charge is 0.480 e. The first-order chi connectivity index (χ1) is 11.1. The number of carboxylic acid groups (broad SMARTS) is 1. The first kappa shape index (κ1) is 18.6. The van der Waals surface area contributed by atoms with Crippen molar-refractivity contribution in [2.75, 3.05) is 0 Å². The third kappa shape index (κ3) is 3.24. The number of hydrogen-bond acceptors (Lipinski definition) is 3. The minimum atomic E-state index is -3.21. The molecule has 1 fully saturated rings. The minimum absolute atomic E-state index is 0.104. The summed E-state index contributed by atoms with van der Waals surface area (Å²) < 4.78 is 40.7. The molecule has 1 heterocycles. The maximum absolute atomic E-state index is 14.3. The molecule has 132 valence electrons. The lowest BCUT2D eigenvalue weighted by Crippen LogP contribution is -2.50. The summed E-state index contributed by atoms with van der Waals surface area (Å²) in [5.74, 6) is -2.25. The second-order valence-electron chi connectivity index (χ2n) is 5.21.